The van der Waals surface area contributed by atoms with Gasteiger partial charge in [-0.05, 0) is 39.7 Å². The van der Waals surface area contributed by atoms with Gasteiger partial charge in [-0.3, -0.25) is 0 Å². The molecule has 0 radical (unpaired) electrons. The first kappa shape index (κ1) is 15.7. The summed E-state index contributed by atoms with van der Waals surface area (Å²) in [5.41, 5.74) is -1.39. The van der Waals surface area contributed by atoms with Crippen molar-refractivity contribution in [3.8, 4) is 0 Å². The number of hydrogen-bond donors (Lipinski definition) is 1. The highest BCUT2D eigenvalue weighted by Gasteiger charge is 2.49. The van der Waals surface area contributed by atoms with Gasteiger partial charge in [0, 0.05) is 12.4 Å². The van der Waals surface area contributed by atoms with Crippen LogP contribution < -0.4 is 5.32 Å². The Hall–Kier alpha value is -1.70. The Kier molecular flexibility index (Phi) is 3.92. The number of rotatable bonds is 4. The average Bonchev–Trinajstić information content (AvgIpc) is 3.06. The summed E-state index contributed by atoms with van der Waals surface area (Å²) in [7, 11) is -3.64. The van der Waals surface area contributed by atoms with E-state index in [9.17, 15) is 13.2 Å². The monoisotopic (exact) mass is 313 g/mol. The molecule has 0 aromatic carbocycles. The van der Waals surface area contributed by atoms with Gasteiger partial charge in [0.2, 0.25) is 15.0 Å². The number of carbonyl (C=O) groups is 1. The molecular weight excluding hydrogens is 294 g/mol. The van der Waals surface area contributed by atoms with Crippen molar-refractivity contribution >= 4 is 15.9 Å². The number of sulfone groups is 1. The van der Waals surface area contributed by atoms with Crippen LogP contribution in [0.4, 0.5) is 4.79 Å². The second-order valence-electron chi connectivity index (χ2n) is 6.20. The summed E-state index contributed by atoms with van der Waals surface area (Å²) < 4.78 is 29.6. The van der Waals surface area contributed by atoms with Crippen LogP contribution in [0.15, 0.2) is 23.6 Å². The summed E-state index contributed by atoms with van der Waals surface area (Å²) in [5, 5.41) is 2.43. The van der Waals surface area contributed by atoms with Crippen LogP contribution in [0.1, 0.15) is 33.6 Å². The zero-order valence-corrected chi connectivity index (χ0v) is 13.1. The van der Waals surface area contributed by atoms with Gasteiger partial charge in [-0.2, -0.15) is 0 Å². The molecule has 0 unspecified atom stereocenters. The van der Waals surface area contributed by atoms with Gasteiger partial charge in [0.15, 0.2) is 0 Å². The molecule has 0 bridgehead atoms. The van der Waals surface area contributed by atoms with Crippen molar-refractivity contribution in [3.05, 3.63) is 18.5 Å². The number of amides is 1. The number of ether oxygens (including phenoxy) is 1. The first-order valence-corrected chi connectivity index (χ1v) is 8.28. The first-order chi connectivity index (χ1) is 9.62. The molecule has 0 saturated heterocycles. The van der Waals surface area contributed by atoms with Gasteiger partial charge in [-0.1, -0.05) is 0 Å². The molecule has 2 rings (SSSR count). The van der Waals surface area contributed by atoms with E-state index < -0.39 is 27.1 Å². The molecule has 1 heterocycles. The smallest absolute Gasteiger partial charge is 0.408 e. The summed E-state index contributed by atoms with van der Waals surface area (Å²) in [6.07, 6.45) is 3.34. The van der Waals surface area contributed by atoms with Crippen molar-refractivity contribution in [2.45, 2.75) is 49.9 Å². The molecule has 7 nitrogen and oxygen atoms in total. The van der Waals surface area contributed by atoms with Gasteiger partial charge in [-0.25, -0.2) is 23.2 Å². The molecule has 0 aliphatic heterocycles. The summed E-state index contributed by atoms with van der Waals surface area (Å²) in [5.74, 6) is -0.219. The van der Waals surface area contributed by atoms with E-state index in [0.29, 0.717) is 12.8 Å². The maximum absolute atomic E-state index is 12.2. The molecule has 8 heteroatoms. The number of nitrogens with zero attached hydrogens (tertiary/aromatic N) is 2. The molecule has 1 aromatic heterocycles. The van der Waals surface area contributed by atoms with E-state index in [-0.39, 0.29) is 10.9 Å². The third-order valence-corrected chi connectivity index (χ3v) is 4.61. The Labute approximate surface area is 124 Å². The first-order valence-electron chi connectivity index (χ1n) is 6.63. The van der Waals surface area contributed by atoms with E-state index in [4.69, 9.17) is 4.74 Å². The minimum atomic E-state index is -3.64. The van der Waals surface area contributed by atoms with Crippen LogP contribution in [-0.4, -0.2) is 41.4 Å². The van der Waals surface area contributed by atoms with Crippen LogP contribution in [0.3, 0.4) is 0 Å². The average molecular weight is 313 g/mol. The van der Waals surface area contributed by atoms with Crippen molar-refractivity contribution in [2.75, 3.05) is 5.75 Å². The Balaban J connectivity index is 2.04. The summed E-state index contributed by atoms with van der Waals surface area (Å²) >= 11 is 0. The van der Waals surface area contributed by atoms with E-state index in [1.165, 1.54) is 12.4 Å². The second kappa shape index (κ2) is 5.25. The van der Waals surface area contributed by atoms with Crippen LogP contribution in [0.25, 0.3) is 0 Å². The van der Waals surface area contributed by atoms with Gasteiger partial charge in [0.25, 0.3) is 0 Å². The molecule has 1 saturated carbocycles. The summed E-state index contributed by atoms with van der Waals surface area (Å²) in [4.78, 5) is 19.3. The Morgan fingerprint density at radius 1 is 1.33 bits per heavy atom. The SMILES string of the molecule is CC(C)(C)OC(=O)NC1(CS(=O)(=O)c2ncccn2)CC1. The fourth-order valence-corrected chi connectivity index (χ4v) is 3.51. The van der Waals surface area contributed by atoms with E-state index in [1.54, 1.807) is 26.8 Å². The number of hydrogen-bond acceptors (Lipinski definition) is 6. The lowest BCUT2D eigenvalue weighted by Gasteiger charge is -2.23. The lowest BCUT2D eigenvalue weighted by molar-refractivity contribution is 0.0502. The van der Waals surface area contributed by atoms with Crippen molar-refractivity contribution < 1.29 is 17.9 Å². The van der Waals surface area contributed by atoms with Gasteiger partial charge >= 0.3 is 6.09 Å². The molecule has 1 N–H and O–H groups in total. The van der Waals surface area contributed by atoms with Crippen molar-refractivity contribution in [2.24, 2.45) is 0 Å². The minimum Gasteiger partial charge on any atom is -0.444 e. The predicted molar refractivity (Wildman–Crippen MR) is 75.4 cm³/mol. The maximum Gasteiger partial charge on any atom is 0.408 e. The van der Waals surface area contributed by atoms with Crippen molar-refractivity contribution in [1.29, 1.82) is 0 Å². The Morgan fingerprint density at radius 2 is 1.90 bits per heavy atom. The highest BCUT2D eigenvalue weighted by atomic mass is 32.2. The topological polar surface area (TPSA) is 98.2 Å². The van der Waals surface area contributed by atoms with Gasteiger partial charge in [0.05, 0.1) is 11.3 Å². The predicted octanol–water partition coefficient (Wildman–Crippen LogP) is 1.31. The van der Waals surface area contributed by atoms with Crippen LogP contribution in [0.2, 0.25) is 0 Å². The fraction of sp³-hybridized carbons (Fsp3) is 0.615. The highest BCUT2D eigenvalue weighted by molar-refractivity contribution is 7.91. The number of nitrogens with one attached hydrogen (secondary N) is 1. The van der Waals surface area contributed by atoms with Gasteiger partial charge < -0.3 is 10.1 Å². The molecule has 0 spiro atoms. The number of alkyl carbamates (subject to hydrolysis) is 1. The lowest BCUT2D eigenvalue weighted by Crippen LogP contribution is -2.44. The van der Waals surface area contributed by atoms with Crippen LogP contribution in [0.5, 0.6) is 0 Å². The normalized spacial score (nSPS) is 17.1. The molecule has 0 atom stereocenters. The fourth-order valence-electron chi connectivity index (χ4n) is 1.85. The van der Waals surface area contributed by atoms with Gasteiger partial charge in [0.1, 0.15) is 5.60 Å². The standard InChI is InChI=1S/C13H19N3O4S/c1-12(2,3)20-11(17)16-13(5-6-13)9-21(18,19)10-14-7-4-8-15-10/h4,7-8H,5-6,9H2,1-3H3,(H,16,17). The summed E-state index contributed by atoms with van der Waals surface area (Å²) in [6, 6.07) is 1.55. The van der Waals surface area contributed by atoms with Crippen LogP contribution in [-0.2, 0) is 14.6 Å². The maximum atomic E-state index is 12.2. The summed E-state index contributed by atoms with van der Waals surface area (Å²) in [6.45, 7) is 5.25. The highest BCUT2D eigenvalue weighted by Crippen LogP contribution is 2.37. The molecule has 1 aliphatic carbocycles. The Morgan fingerprint density at radius 3 is 2.38 bits per heavy atom. The molecule has 116 valence electrons. The quantitative estimate of drug-likeness (QED) is 0.842. The molecule has 1 aliphatic rings. The second-order valence-corrected chi connectivity index (χ2v) is 8.08. The minimum absolute atomic E-state index is 0.219. The van der Waals surface area contributed by atoms with E-state index in [0.717, 1.165) is 0 Å². The lowest BCUT2D eigenvalue weighted by atomic mass is 10.2. The molecule has 1 aromatic rings. The van der Waals surface area contributed by atoms with E-state index in [1.807, 2.05) is 0 Å². The largest absolute Gasteiger partial charge is 0.444 e. The third kappa shape index (κ3) is 4.38. The van der Waals surface area contributed by atoms with Gasteiger partial charge in [-0.15, -0.1) is 0 Å². The van der Waals surface area contributed by atoms with E-state index >= 15 is 0 Å². The number of aromatic nitrogens is 2. The number of carbonyl (C=O) groups excluding carboxylic acids is 1. The molecule has 21 heavy (non-hydrogen) atoms. The van der Waals surface area contributed by atoms with Crippen LogP contribution >= 0.6 is 0 Å². The van der Waals surface area contributed by atoms with Crippen molar-refractivity contribution in [1.82, 2.24) is 15.3 Å². The van der Waals surface area contributed by atoms with Crippen LogP contribution in [0, 0.1) is 0 Å². The Bertz CT molecular complexity index is 619. The van der Waals surface area contributed by atoms with E-state index in [2.05, 4.69) is 15.3 Å². The molecular formula is C13H19N3O4S. The third-order valence-electron chi connectivity index (χ3n) is 2.91. The molecule has 1 fully saturated rings. The van der Waals surface area contributed by atoms with Crippen molar-refractivity contribution in [3.63, 3.8) is 0 Å². The molecule has 1 amide bonds. The zero-order valence-electron chi connectivity index (χ0n) is 12.3. The zero-order chi connectivity index (χ0) is 15.7.